The molecule has 1 aliphatic heterocycles. The van der Waals surface area contributed by atoms with Crippen LogP contribution in [0.1, 0.15) is 34.1 Å². The minimum absolute atomic E-state index is 0.0229. The molecule has 0 aromatic heterocycles. The Morgan fingerprint density at radius 3 is 2.53 bits per heavy atom. The van der Waals surface area contributed by atoms with Gasteiger partial charge in [-0.2, -0.15) is 0 Å². The molecule has 1 N–H and O–H groups in total. The molecule has 15 heavy (non-hydrogen) atoms. The van der Waals surface area contributed by atoms with Gasteiger partial charge in [0.1, 0.15) is 11.8 Å². The second-order valence-electron chi connectivity index (χ2n) is 5.13. The molecule has 2 unspecified atom stereocenters. The van der Waals surface area contributed by atoms with Crippen LogP contribution in [0, 0.1) is 5.41 Å². The Morgan fingerprint density at radius 1 is 1.60 bits per heavy atom. The summed E-state index contributed by atoms with van der Waals surface area (Å²) in [4.78, 5) is 11.7. The van der Waals surface area contributed by atoms with Crippen molar-refractivity contribution in [2.45, 2.75) is 45.9 Å². The fourth-order valence-electron chi connectivity index (χ4n) is 1.69. The van der Waals surface area contributed by atoms with E-state index in [1.54, 1.807) is 0 Å². The highest BCUT2D eigenvalue weighted by atomic mass is 16.5. The summed E-state index contributed by atoms with van der Waals surface area (Å²) in [7, 11) is 1.41. The van der Waals surface area contributed by atoms with Crippen LogP contribution in [0.15, 0.2) is 0 Å². The molecule has 0 aliphatic carbocycles. The van der Waals surface area contributed by atoms with Gasteiger partial charge in [-0.3, -0.25) is 5.32 Å². The first kappa shape index (κ1) is 12.5. The summed E-state index contributed by atoms with van der Waals surface area (Å²) in [6.07, 6.45) is 0.572. The number of methoxy groups -OCH3 is 1. The number of rotatable bonds is 2. The minimum Gasteiger partial charge on any atom is -0.468 e. The number of hydrogen-bond acceptors (Lipinski definition) is 4. The van der Waals surface area contributed by atoms with Crippen molar-refractivity contribution in [1.29, 1.82) is 0 Å². The molecule has 0 radical (unpaired) electrons. The van der Waals surface area contributed by atoms with E-state index in [1.165, 1.54) is 7.11 Å². The number of ether oxygens (including phenoxy) is 2. The van der Waals surface area contributed by atoms with Crippen molar-refractivity contribution in [2.75, 3.05) is 13.7 Å². The average molecular weight is 215 g/mol. The van der Waals surface area contributed by atoms with Gasteiger partial charge in [0.2, 0.25) is 0 Å². The Bertz CT molecular complexity index is 247. The second kappa shape index (κ2) is 4.10. The van der Waals surface area contributed by atoms with Crippen molar-refractivity contribution >= 4 is 5.97 Å². The highest BCUT2D eigenvalue weighted by Gasteiger charge is 2.48. The molecule has 1 saturated heterocycles. The zero-order valence-corrected chi connectivity index (χ0v) is 10.2. The molecule has 1 heterocycles. The molecule has 88 valence electrons. The molecule has 1 rings (SSSR count). The van der Waals surface area contributed by atoms with E-state index >= 15 is 0 Å². The summed E-state index contributed by atoms with van der Waals surface area (Å²) in [6, 6.07) is 0. The van der Waals surface area contributed by atoms with Crippen LogP contribution in [0.5, 0.6) is 0 Å². The maximum Gasteiger partial charge on any atom is 0.328 e. The van der Waals surface area contributed by atoms with Gasteiger partial charge in [0.25, 0.3) is 0 Å². The molecule has 0 amide bonds. The predicted octanol–water partition coefficient (Wildman–Crippen LogP) is 1.30. The smallest absolute Gasteiger partial charge is 0.328 e. The Morgan fingerprint density at radius 2 is 2.20 bits per heavy atom. The van der Waals surface area contributed by atoms with E-state index in [1.807, 2.05) is 6.92 Å². The van der Waals surface area contributed by atoms with Gasteiger partial charge in [-0.25, -0.2) is 4.79 Å². The number of hydrogen-bond donors (Lipinski definition) is 1. The highest BCUT2D eigenvalue weighted by Crippen LogP contribution is 2.30. The van der Waals surface area contributed by atoms with Crippen LogP contribution in [0.4, 0.5) is 0 Å². The lowest BCUT2D eigenvalue weighted by Crippen LogP contribution is -2.54. The van der Waals surface area contributed by atoms with E-state index in [0.29, 0.717) is 13.0 Å². The molecule has 4 heteroatoms. The largest absolute Gasteiger partial charge is 0.468 e. The average Bonchev–Trinajstić information content (AvgIpc) is 2.61. The summed E-state index contributed by atoms with van der Waals surface area (Å²) in [5.74, 6) is -0.239. The van der Waals surface area contributed by atoms with Gasteiger partial charge in [-0.1, -0.05) is 27.7 Å². The SMILES string of the molecule is CCC1(C(=O)OC)COC(C(C)(C)C)N1. The monoisotopic (exact) mass is 215 g/mol. The number of esters is 1. The van der Waals surface area contributed by atoms with Gasteiger partial charge in [0, 0.05) is 5.41 Å². The van der Waals surface area contributed by atoms with Gasteiger partial charge < -0.3 is 9.47 Å². The quantitative estimate of drug-likeness (QED) is 0.705. The van der Waals surface area contributed by atoms with Crippen molar-refractivity contribution < 1.29 is 14.3 Å². The zero-order valence-electron chi connectivity index (χ0n) is 10.2. The van der Waals surface area contributed by atoms with Gasteiger partial charge in [0.05, 0.1) is 13.7 Å². The van der Waals surface area contributed by atoms with Crippen LogP contribution in [-0.4, -0.2) is 31.5 Å². The maximum absolute atomic E-state index is 11.7. The molecule has 1 aliphatic rings. The third-order valence-corrected chi connectivity index (χ3v) is 2.87. The molecule has 0 aromatic rings. The Balaban J connectivity index is 2.78. The van der Waals surface area contributed by atoms with Gasteiger partial charge >= 0.3 is 5.97 Å². The Labute approximate surface area is 91.3 Å². The molecule has 2 atom stereocenters. The normalized spacial score (nSPS) is 31.7. The fraction of sp³-hybridized carbons (Fsp3) is 0.909. The Hall–Kier alpha value is -0.610. The first-order valence-electron chi connectivity index (χ1n) is 5.33. The van der Waals surface area contributed by atoms with Crippen molar-refractivity contribution in [3.05, 3.63) is 0 Å². The van der Waals surface area contributed by atoms with Crippen LogP contribution in [-0.2, 0) is 14.3 Å². The standard InChI is InChI=1S/C11H21NO3/c1-6-11(9(13)14-5)7-15-8(12-11)10(2,3)4/h8,12H,6-7H2,1-5H3. The van der Waals surface area contributed by atoms with Crippen molar-refractivity contribution in [3.63, 3.8) is 0 Å². The van der Waals surface area contributed by atoms with E-state index < -0.39 is 5.54 Å². The van der Waals surface area contributed by atoms with E-state index in [-0.39, 0.29) is 17.6 Å². The van der Waals surface area contributed by atoms with Crippen molar-refractivity contribution in [1.82, 2.24) is 5.32 Å². The molecule has 0 aromatic carbocycles. The molecule has 0 spiro atoms. The molecule has 0 saturated carbocycles. The lowest BCUT2D eigenvalue weighted by molar-refractivity contribution is -0.148. The van der Waals surface area contributed by atoms with Crippen LogP contribution < -0.4 is 5.32 Å². The van der Waals surface area contributed by atoms with Gasteiger partial charge in [0.15, 0.2) is 0 Å². The molecular weight excluding hydrogens is 194 g/mol. The van der Waals surface area contributed by atoms with E-state index in [0.717, 1.165) is 0 Å². The maximum atomic E-state index is 11.7. The minimum atomic E-state index is -0.660. The van der Waals surface area contributed by atoms with E-state index in [2.05, 4.69) is 26.1 Å². The van der Waals surface area contributed by atoms with Gasteiger partial charge in [-0.15, -0.1) is 0 Å². The third kappa shape index (κ3) is 2.32. The Kier molecular flexibility index (Phi) is 3.41. The lowest BCUT2D eigenvalue weighted by Gasteiger charge is -2.29. The summed E-state index contributed by atoms with van der Waals surface area (Å²) in [5.41, 5.74) is -0.683. The third-order valence-electron chi connectivity index (χ3n) is 2.87. The zero-order chi connectivity index (χ0) is 11.7. The summed E-state index contributed by atoms with van der Waals surface area (Å²) in [5, 5.41) is 3.25. The number of carbonyl (C=O) groups is 1. The van der Waals surface area contributed by atoms with Crippen molar-refractivity contribution in [2.24, 2.45) is 5.41 Å². The molecule has 4 nitrogen and oxygen atoms in total. The lowest BCUT2D eigenvalue weighted by atomic mass is 9.92. The molecule has 0 bridgehead atoms. The summed E-state index contributed by atoms with van der Waals surface area (Å²) < 4.78 is 10.4. The van der Waals surface area contributed by atoms with E-state index in [4.69, 9.17) is 9.47 Å². The second-order valence-corrected chi connectivity index (χ2v) is 5.13. The van der Waals surface area contributed by atoms with Crippen LogP contribution in [0.2, 0.25) is 0 Å². The van der Waals surface area contributed by atoms with Crippen molar-refractivity contribution in [3.8, 4) is 0 Å². The molecular formula is C11H21NO3. The van der Waals surface area contributed by atoms with Gasteiger partial charge in [-0.05, 0) is 6.42 Å². The highest BCUT2D eigenvalue weighted by molar-refractivity contribution is 5.81. The molecule has 1 fully saturated rings. The number of nitrogens with one attached hydrogen (secondary N) is 1. The first-order chi connectivity index (χ1) is 6.85. The fourth-order valence-corrected chi connectivity index (χ4v) is 1.69. The van der Waals surface area contributed by atoms with Crippen LogP contribution >= 0.6 is 0 Å². The first-order valence-corrected chi connectivity index (χ1v) is 5.33. The summed E-state index contributed by atoms with van der Waals surface area (Å²) in [6.45, 7) is 8.57. The predicted molar refractivity (Wildman–Crippen MR) is 57.4 cm³/mol. The van der Waals surface area contributed by atoms with Crippen LogP contribution in [0.25, 0.3) is 0 Å². The topological polar surface area (TPSA) is 47.6 Å². The van der Waals surface area contributed by atoms with Crippen LogP contribution in [0.3, 0.4) is 0 Å². The van der Waals surface area contributed by atoms with E-state index in [9.17, 15) is 4.79 Å². The number of carbonyl (C=O) groups excluding carboxylic acids is 1. The summed E-state index contributed by atoms with van der Waals surface area (Å²) >= 11 is 0.